The van der Waals surface area contributed by atoms with E-state index in [0.717, 1.165) is 25.8 Å². The van der Waals surface area contributed by atoms with Gasteiger partial charge in [0, 0.05) is 25.6 Å². The van der Waals surface area contributed by atoms with Gasteiger partial charge in [0.05, 0.1) is 0 Å². The number of carbonyl (C=O) groups excluding carboxylic acids is 1. The molecule has 4 nitrogen and oxygen atoms in total. The van der Waals surface area contributed by atoms with Crippen molar-refractivity contribution in [2.45, 2.75) is 64.1 Å². The van der Waals surface area contributed by atoms with Gasteiger partial charge in [-0.3, -0.25) is 9.69 Å². The number of amides is 1. The van der Waals surface area contributed by atoms with E-state index in [1.54, 1.807) is 0 Å². The topological polar surface area (TPSA) is 58.4 Å². The van der Waals surface area contributed by atoms with Crippen molar-refractivity contribution in [3.63, 3.8) is 0 Å². The lowest BCUT2D eigenvalue weighted by molar-refractivity contribution is -0.122. The number of nitrogens with two attached hydrogens (primary N) is 1. The monoisotopic (exact) mass is 401 g/mol. The van der Waals surface area contributed by atoms with E-state index in [2.05, 4.69) is 34.5 Å². The van der Waals surface area contributed by atoms with Crippen molar-refractivity contribution in [1.82, 2.24) is 10.2 Å². The van der Waals surface area contributed by atoms with Gasteiger partial charge >= 0.3 is 0 Å². The fourth-order valence-corrected chi connectivity index (χ4v) is 4.07. The number of likely N-dealkylation sites (tertiary alicyclic amines) is 1. The summed E-state index contributed by atoms with van der Waals surface area (Å²) in [7, 11) is 0. The highest BCUT2D eigenvalue weighted by Gasteiger charge is 2.25. The molecule has 1 aliphatic carbocycles. The second-order valence-electron chi connectivity index (χ2n) is 7.44. The molecule has 1 saturated carbocycles. The lowest BCUT2D eigenvalue weighted by Crippen LogP contribution is -2.32. The molecular formula is C20H33Cl2N3O. The van der Waals surface area contributed by atoms with Crippen LogP contribution in [0.2, 0.25) is 0 Å². The number of rotatable bonds is 6. The van der Waals surface area contributed by atoms with Gasteiger partial charge in [0.25, 0.3) is 0 Å². The molecule has 0 unspecified atom stereocenters. The first-order valence-corrected chi connectivity index (χ1v) is 9.54. The zero-order chi connectivity index (χ0) is 16.8. The van der Waals surface area contributed by atoms with E-state index in [0.29, 0.717) is 18.9 Å². The van der Waals surface area contributed by atoms with Crippen molar-refractivity contribution in [1.29, 1.82) is 0 Å². The average Bonchev–Trinajstić information content (AvgIpc) is 3.00. The number of hydrogen-bond donors (Lipinski definition) is 2. The number of nitrogens with one attached hydrogen (secondary N) is 1. The Bertz CT molecular complexity index is 550. The van der Waals surface area contributed by atoms with Crippen molar-refractivity contribution < 1.29 is 4.79 Å². The maximum Gasteiger partial charge on any atom is 0.220 e. The predicted octanol–water partition coefficient (Wildman–Crippen LogP) is 3.65. The third kappa shape index (κ3) is 6.73. The van der Waals surface area contributed by atoms with Gasteiger partial charge in [-0.05, 0) is 55.8 Å². The van der Waals surface area contributed by atoms with Crippen molar-refractivity contribution >= 4 is 30.7 Å². The number of hydrogen-bond acceptors (Lipinski definition) is 3. The first-order chi connectivity index (χ1) is 11.7. The molecule has 6 heteroatoms. The van der Waals surface area contributed by atoms with E-state index >= 15 is 0 Å². The number of halogens is 2. The molecule has 0 radical (unpaired) electrons. The Labute approximate surface area is 170 Å². The minimum atomic E-state index is 0. The molecule has 0 bridgehead atoms. The van der Waals surface area contributed by atoms with Crippen LogP contribution >= 0.6 is 24.8 Å². The molecule has 1 amide bonds. The van der Waals surface area contributed by atoms with Gasteiger partial charge in [0.1, 0.15) is 0 Å². The summed E-state index contributed by atoms with van der Waals surface area (Å²) >= 11 is 0. The van der Waals surface area contributed by atoms with E-state index in [4.69, 9.17) is 5.73 Å². The van der Waals surface area contributed by atoms with Gasteiger partial charge in [-0.25, -0.2) is 0 Å². The van der Waals surface area contributed by atoms with Crippen LogP contribution in [-0.4, -0.2) is 29.9 Å². The molecule has 2 atom stereocenters. The molecule has 1 aromatic carbocycles. The Hall–Kier alpha value is -0.810. The van der Waals surface area contributed by atoms with Crippen LogP contribution < -0.4 is 11.1 Å². The zero-order valence-corrected chi connectivity index (χ0v) is 17.1. The Morgan fingerprint density at radius 3 is 2.38 bits per heavy atom. The quantitative estimate of drug-likeness (QED) is 0.764. The summed E-state index contributed by atoms with van der Waals surface area (Å²) < 4.78 is 0. The molecule has 148 valence electrons. The molecule has 2 aliphatic rings. The molecule has 1 heterocycles. The molecule has 0 spiro atoms. The fourth-order valence-electron chi connectivity index (χ4n) is 4.07. The van der Waals surface area contributed by atoms with Crippen LogP contribution in [0.4, 0.5) is 0 Å². The summed E-state index contributed by atoms with van der Waals surface area (Å²) in [5.74, 6) is 0.513. The first kappa shape index (κ1) is 23.2. The highest BCUT2D eigenvalue weighted by atomic mass is 35.5. The van der Waals surface area contributed by atoms with E-state index in [1.807, 2.05) is 0 Å². The Kier molecular flexibility index (Phi) is 10.6. The van der Waals surface area contributed by atoms with Crippen LogP contribution in [0.1, 0.15) is 56.1 Å². The average molecular weight is 402 g/mol. The van der Waals surface area contributed by atoms with Crippen molar-refractivity contribution in [2.24, 2.45) is 11.7 Å². The van der Waals surface area contributed by atoms with E-state index in [1.165, 1.54) is 43.5 Å². The normalized spacial score (nSPS) is 23.0. The van der Waals surface area contributed by atoms with E-state index < -0.39 is 0 Å². The van der Waals surface area contributed by atoms with Crippen LogP contribution in [0, 0.1) is 5.92 Å². The highest BCUT2D eigenvalue weighted by molar-refractivity contribution is 5.85. The van der Waals surface area contributed by atoms with Gasteiger partial charge in [-0.15, -0.1) is 24.8 Å². The predicted molar refractivity (Wildman–Crippen MR) is 112 cm³/mol. The second kappa shape index (κ2) is 11.8. The fraction of sp³-hybridized carbons (Fsp3) is 0.650. The lowest BCUT2D eigenvalue weighted by atomic mass is 9.99. The SMILES string of the molecule is Cl.Cl.N[C@@H]1CCC[C@H]1CC(=O)NCc1ccccc1CN1CCCCC1. The van der Waals surface area contributed by atoms with Crippen LogP contribution in [0.3, 0.4) is 0 Å². The van der Waals surface area contributed by atoms with Gasteiger partial charge in [-0.1, -0.05) is 37.1 Å². The maximum absolute atomic E-state index is 12.2. The molecule has 3 rings (SSSR count). The van der Waals surface area contributed by atoms with Crippen molar-refractivity contribution in [3.05, 3.63) is 35.4 Å². The standard InChI is InChI=1S/C20H31N3O.2ClH/c21-19-10-6-9-16(19)13-20(24)22-14-17-7-2-3-8-18(17)15-23-11-4-1-5-12-23;;/h2-3,7-8,16,19H,1,4-6,9-15,21H2,(H,22,24);2*1H/t16-,19+;;/m0../s1. The molecule has 3 N–H and O–H groups in total. The minimum absolute atomic E-state index is 0. The van der Waals surface area contributed by atoms with Gasteiger partial charge in [0.2, 0.25) is 5.91 Å². The van der Waals surface area contributed by atoms with Crippen LogP contribution in [0.5, 0.6) is 0 Å². The Morgan fingerprint density at radius 1 is 1.04 bits per heavy atom. The third-order valence-electron chi connectivity index (χ3n) is 5.60. The van der Waals surface area contributed by atoms with Crippen LogP contribution in [0.15, 0.2) is 24.3 Å². The number of benzene rings is 1. The van der Waals surface area contributed by atoms with Crippen molar-refractivity contribution in [2.75, 3.05) is 13.1 Å². The van der Waals surface area contributed by atoms with Gasteiger partial charge in [-0.2, -0.15) is 0 Å². The second-order valence-corrected chi connectivity index (χ2v) is 7.44. The summed E-state index contributed by atoms with van der Waals surface area (Å²) in [6, 6.07) is 8.71. The molecule has 1 aliphatic heterocycles. The summed E-state index contributed by atoms with van der Waals surface area (Å²) in [5.41, 5.74) is 8.66. The minimum Gasteiger partial charge on any atom is -0.352 e. The molecule has 2 fully saturated rings. The molecular weight excluding hydrogens is 369 g/mol. The number of carbonyl (C=O) groups is 1. The summed E-state index contributed by atoms with van der Waals surface area (Å²) in [6.07, 6.45) is 7.88. The van der Waals surface area contributed by atoms with Crippen molar-refractivity contribution in [3.8, 4) is 0 Å². The van der Waals surface area contributed by atoms with E-state index in [-0.39, 0.29) is 36.8 Å². The Balaban J connectivity index is 0.00000169. The summed E-state index contributed by atoms with van der Waals surface area (Å²) in [5, 5.41) is 3.11. The number of nitrogens with zero attached hydrogens (tertiary/aromatic N) is 1. The smallest absolute Gasteiger partial charge is 0.220 e. The molecule has 1 aromatic rings. The maximum atomic E-state index is 12.2. The van der Waals surface area contributed by atoms with Crippen LogP contribution in [0.25, 0.3) is 0 Å². The molecule has 0 aromatic heterocycles. The molecule has 26 heavy (non-hydrogen) atoms. The summed E-state index contributed by atoms with van der Waals surface area (Å²) in [6.45, 7) is 4.02. The molecule has 1 saturated heterocycles. The largest absolute Gasteiger partial charge is 0.352 e. The van der Waals surface area contributed by atoms with E-state index in [9.17, 15) is 4.79 Å². The third-order valence-corrected chi connectivity index (χ3v) is 5.60. The van der Waals surface area contributed by atoms with Crippen LogP contribution in [-0.2, 0) is 17.9 Å². The Morgan fingerprint density at radius 2 is 1.73 bits per heavy atom. The zero-order valence-electron chi connectivity index (χ0n) is 15.5. The highest BCUT2D eigenvalue weighted by Crippen LogP contribution is 2.26. The first-order valence-electron chi connectivity index (χ1n) is 9.54. The van der Waals surface area contributed by atoms with Gasteiger partial charge < -0.3 is 11.1 Å². The lowest BCUT2D eigenvalue weighted by Gasteiger charge is -2.27. The summed E-state index contributed by atoms with van der Waals surface area (Å²) in [4.78, 5) is 14.8. The number of piperidine rings is 1. The van der Waals surface area contributed by atoms with Gasteiger partial charge in [0.15, 0.2) is 0 Å².